The SMILES string of the molecule is [Al+3].[Al+3].[CH2-]C(C)C.[CH2-]C(C)C.[CH2-]C(C)C.[CH2-]C(C)C.[S-]CCC[S-]. The van der Waals surface area contributed by atoms with Crippen molar-refractivity contribution in [2.75, 3.05) is 11.5 Å². The van der Waals surface area contributed by atoms with Crippen LogP contribution in [-0.4, -0.2) is 46.2 Å². The topological polar surface area (TPSA) is 0 Å². The smallest absolute Gasteiger partial charge is 0.793 e. The van der Waals surface area contributed by atoms with Crippen molar-refractivity contribution in [2.24, 2.45) is 23.7 Å². The van der Waals surface area contributed by atoms with Crippen LogP contribution in [0.15, 0.2) is 0 Å². The maximum atomic E-state index is 4.58. The maximum Gasteiger partial charge on any atom is 3.00 e. The Hall–Kier alpha value is 1.76. The molecule has 4 heteroatoms. The molecule has 0 aromatic carbocycles. The summed E-state index contributed by atoms with van der Waals surface area (Å²) in [6.07, 6.45) is 1.02. The first-order chi connectivity index (χ1) is 9.34. The minimum atomic E-state index is 0. The first-order valence-corrected chi connectivity index (χ1v) is 8.98. The summed E-state index contributed by atoms with van der Waals surface area (Å²) in [5.74, 6) is 3.98. The fraction of sp³-hybridized carbons (Fsp3) is 0.789. The van der Waals surface area contributed by atoms with Crippen LogP contribution in [-0.2, 0) is 25.3 Å². The van der Waals surface area contributed by atoms with Gasteiger partial charge in [0.15, 0.2) is 0 Å². The van der Waals surface area contributed by atoms with Crippen LogP contribution in [0.5, 0.6) is 0 Å². The van der Waals surface area contributed by atoms with Crippen LogP contribution in [0.1, 0.15) is 61.8 Å². The summed E-state index contributed by atoms with van der Waals surface area (Å²) in [4.78, 5) is 0. The monoisotopic (exact) mass is 388 g/mol. The molecule has 0 aliphatic heterocycles. The van der Waals surface area contributed by atoms with Crippen molar-refractivity contribution in [1.82, 2.24) is 0 Å². The Balaban J connectivity index is -0.0000000273. The van der Waals surface area contributed by atoms with Crippen LogP contribution in [0, 0.1) is 51.4 Å². The quantitative estimate of drug-likeness (QED) is 0.342. The predicted molar refractivity (Wildman–Crippen MR) is 121 cm³/mol. The molecule has 0 aromatic rings. The van der Waals surface area contributed by atoms with Crippen molar-refractivity contribution >= 4 is 60.0 Å². The second-order valence-corrected chi connectivity index (χ2v) is 7.15. The summed E-state index contributed by atoms with van der Waals surface area (Å²) in [6.45, 7) is 31.0. The van der Waals surface area contributed by atoms with Crippen LogP contribution in [0.3, 0.4) is 0 Å². The summed E-state index contributed by atoms with van der Waals surface area (Å²) >= 11 is 9.17. The maximum absolute atomic E-state index is 4.58. The Morgan fingerprint density at radius 2 is 0.609 bits per heavy atom. The molecule has 0 heterocycles. The second-order valence-electron chi connectivity index (χ2n) is 6.34. The number of hydrogen-bond donors (Lipinski definition) is 0. The van der Waals surface area contributed by atoms with E-state index in [2.05, 4.69) is 108 Å². The van der Waals surface area contributed by atoms with Crippen LogP contribution >= 0.6 is 0 Å². The van der Waals surface area contributed by atoms with E-state index in [4.69, 9.17) is 0 Å². The van der Waals surface area contributed by atoms with Gasteiger partial charge in [0.2, 0.25) is 0 Å². The van der Waals surface area contributed by atoms with Gasteiger partial charge in [-0.25, -0.2) is 0 Å². The molecule has 0 aliphatic rings. The van der Waals surface area contributed by atoms with Crippen molar-refractivity contribution < 1.29 is 0 Å². The molecule has 0 atom stereocenters. The second kappa shape index (κ2) is 43.8. The molecule has 0 spiro atoms. The van der Waals surface area contributed by atoms with Crippen molar-refractivity contribution in [2.45, 2.75) is 61.8 Å². The third kappa shape index (κ3) is 794. The molecule has 0 unspecified atom stereocenters. The van der Waals surface area contributed by atoms with Gasteiger partial charge >= 0.3 is 34.7 Å². The summed E-state index contributed by atoms with van der Waals surface area (Å²) < 4.78 is 0. The van der Waals surface area contributed by atoms with Gasteiger partial charge in [0.1, 0.15) is 0 Å². The number of hydrogen-bond acceptors (Lipinski definition) is 2. The molecular formula is C19H42Al2S2. The number of rotatable bonds is 2. The Labute approximate surface area is 183 Å². The third-order valence-electron chi connectivity index (χ3n) is 0.289. The zero-order valence-corrected chi connectivity index (χ0v) is 21.2. The van der Waals surface area contributed by atoms with Crippen LogP contribution in [0.4, 0.5) is 0 Å². The van der Waals surface area contributed by atoms with E-state index in [1.54, 1.807) is 0 Å². The molecule has 0 amide bonds. The minimum absolute atomic E-state index is 0. The first kappa shape index (κ1) is 44.3. The Bertz CT molecular complexity index is 91.5. The first-order valence-electron chi connectivity index (χ1n) is 7.83. The van der Waals surface area contributed by atoms with Crippen LogP contribution in [0.25, 0.3) is 0 Å². The van der Waals surface area contributed by atoms with Gasteiger partial charge in [0.05, 0.1) is 0 Å². The van der Waals surface area contributed by atoms with E-state index in [0.29, 0.717) is 23.7 Å². The van der Waals surface area contributed by atoms with Gasteiger partial charge in [0, 0.05) is 0 Å². The van der Waals surface area contributed by atoms with Gasteiger partial charge in [-0.2, -0.15) is 35.2 Å². The minimum Gasteiger partial charge on any atom is -0.793 e. The molecule has 0 rings (SSSR count). The zero-order chi connectivity index (χ0) is 18.4. The van der Waals surface area contributed by atoms with E-state index in [9.17, 15) is 0 Å². The Morgan fingerprint density at radius 3 is 0.609 bits per heavy atom. The molecule has 0 saturated heterocycles. The fourth-order valence-corrected chi connectivity index (χ4v) is 0.530. The fourth-order valence-electron chi connectivity index (χ4n) is 0.0589. The van der Waals surface area contributed by atoms with E-state index in [0.717, 1.165) is 17.9 Å². The van der Waals surface area contributed by atoms with E-state index in [1.807, 2.05) is 0 Å². The molecule has 0 N–H and O–H groups in total. The van der Waals surface area contributed by atoms with Crippen molar-refractivity contribution in [1.29, 1.82) is 0 Å². The van der Waals surface area contributed by atoms with E-state index in [1.165, 1.54) is 0 Å². The van der Waals surface area contributed by atoms with Gasteiger partial charge in [-0.05, 0) is 0 Å². The molecule has 0 fully saturated rings. The summed E-state index contributed by atoms with van der Waals surface area (Å²) in [6, 6.07) is 0. The molecule has 0 aromatic heterocycles. The van der Waals surface area contributed by atoms with Crippen molar-refractivity contribution in [3.63, 3.8) is 0 Å². The summed E-state index contributed by atoms with van der Waals surface area (Å²) in [5, 5.41) is 0. The molecule has 0 saturated carbocycles. The van der Waals surface area contributed by atoms with Gasteiger partial charge in [0.25, 0.3) is 0 Å². The summed E-state index contributed by atoms with van der Waals surface area (Å²) in [5.41, 5.74) is 0. The third-order valence-corrected chi connectivity index (χ3v) is 0.866. The van der Waals surface area contributed by atoms with Crippen LogP contribution < -0.4 is 0 Å². The van der Waals surface area contributed by atoms with Crippen molar-refractivity contribution in [3.8, 4) is 0 Å². The Kier molecular flexibility index (Phi) is 84.4. The Morgan fingerprint density at radius 1 is 0.522 bits per heavy atom. The molecule has 23 heavy (non-hydrogen) atoms. The van der Waals surface area contributed by atoms with E-state index >= 15 is 0 Å². The normalized spacial score (nSPS) is 8.09. The predicted octanol–water partition coefficient (Wildman–Crippen LogP) is 5.61. The molecule has 136 valence electrons. The average molecular weight is 389 g/mol. The molecule has 0 nitrogen and oxygen atoms in total. The molecule has 0 radical (unpaired) electrons. The van der Waals surface area contributed by atoms with Gasteiger partial charge in [-0.15, -0.1) is 0 Å². The average Bonchev–Trinajstić information content (AvgIpc) is 2.14. The van der Waals surface area contributed by atoms with Crippen molar-refractivity contribution in [3.05, 3.63) is 27.7 Å². The van der Waals surface area contributed by atoms with E-state index in [-0.39, 0.29) is 34.7 Å². The van der Waals surface area contributed by atoms with Gasteiger partial charge < -0.3 is 53.0 Å². The summed E-state index contributed by atoms with van der Waals surface area (Å²) in [7, 11) is 0. The molecular weight excluding hydrogens is 346 g/mol. The van der Waals surface area contributed by atoms with Gasteiger partial charge in [-0.1, -0.05) is 61.8 Å². The molecule has 0 bridgehead atoms. The largest absolute Gasteiger partial charge is 3.00 e. The van der Waals surface area contributed by atoms with Gasteiger partial charge in [-0.3, -0.25) is 0 Å². The zero-order valence-electron chi connectivity index (χ0n) is 17.2. The molecule has 0 aliphatic carbocycles. The van der Waals surface area contributed by atoms with E-state index < -0.39 is 0 Å². The van der Waals surface area contributed by atoms with Crippen LogP contribution in [0.2, 0.25) is 0 Å². The standard InChI is InChI=1S/4C4H9.C3H8S2.2Al/c4*1-4(2)3;4-2-1-3-5;;/h4*4H,1H2,2-3H3;4-5H,1-3H2;;/q4*-1;;2*+3/p-2.